The number of carbonyl (C=O) groups is 1. The molecule has 0 saturated carbocycles. The number of methoxy groups -OCH3 is 1. The third kappa shape index (κ3) is 5.47. The maximum Gasteiger partial charge on any atom is 0.337 e. The van der Waals surface area contributed by atoms with Crippen LogP contribution in [0.2, 0.25) is 0 Å². The molecule has 4 atom stereocenters. The van der Waals surface area contributed by atoms with E-state index in [1.807, 2.05) is 42.5 Å². The van der Waals surface area contributed by atoms with E-state index in [0.717, 1.165) is 10.8 Å². The topological polar surface area (TPSA) is 76.0 Å². The third-order valence-electron chi connectivity index (χ3n) is 5.38. The number of benzene rings is 3. The SMILES string of the molecule is CCOC(O)C(F)CC(c1ccc(C(=O)OC)cc1)C(O)c1ccc2ccccc2c1. The Bertz CT molecular complexity index is 1000. The molecule has 3 aromatic carbocycles. The second kappa shape index (κ2) is 10.5. The number of rotatable bonds is 9. The van der Waals surface area contributed by atoms with Crippen molar-refractivity contribution in [3.63, 3.8) is 0 Å². The minimum atomic E-state index is -1.69. The molecule has 3 aromatic rings. The molecule has 3 rings (SSSR count). The minimum Gasteiger partial charge on any atom is -0.465 e. The minimum absolute atomic E-state index is 0.160. The largest absolute Gasteiger partial charge is 0.465 e. The summed E-state index contributed by atoms with van der Waals surface area (Å²) in [5.41, 5.74) is 1.63. The van der Waals surface area contributed by atoms with Crippen molar-refractivity contribution >= 4 is 16.7 Å². The average Bonchev–Trinajstić information content (AvgIpc) is 2.81. The lowest BCUT2D eigenvalue weighted by Crippen LogP contribution is -2.28. The molecule has 0 aliphatic heterocycles. The molecule has 0 aliphatic rings. The predicted octanol–water partition coefficient (Wildman–Crippen LogP) is 4.53. The molecule has 6 heteroatoms. The fraction of sp³-hybridized carbons (Fsp3) is 0.320. The van der Waals surface area contributed by atoms with Crippen molar-refractivity contribution in [1.82, 2.24) is 0 Å². The van der Waals surface area contributed by atoms with Crippen molar-refractivity contribution < 1.29 is 28.9 Å². The summed E-state index contributed by atoms with van der Waals surface area (Å²) in [6.45, 7) is 1.84. The van der Waals surface area contributed by atoms with Gasteiger partial charge < -0.3 is 19.7 Å². The molecular weight excluding hydrogens is 399 g/mol. The Kier molecular flexibility index (Phi) is 7.74. The summed E-state index contributed by atoms with van der Waals surface area (Å²) >= 11 is 0. The van der Waals surface area contributed by atoms with E-state index in [-0.39, 0.29) is 13.0 Å². The normalized spacial score (nSPS) is 15.3. The molecule has 0 bridgehead atoms. The number of alkyl halides is 1. The summed E-state index contributed by atoms with van der Waals surface area (Å²) in [5.74, 6) is -1.15. The van der Waals surface area contributed by atoms with Crippen LogP contribution >= 0.6 is 0 Å². The van der Waals surface area contributed by atoms with E-state index in [4.69, 9.17) is 9.47 Å². The highest BCUT2D eigenvalue weighted by Gasteiger charge is 2.30. The van der Waals surface area contributed by atoms with E-state index in [1.54, 1.807) is 31.2 Å². The summed E-state index contributed by atoms with van der Waals surface area (Å²) in [5, 5.41) is 23.1. The van der Waals surface area contributed by atoms with Gasteiger partial charge in [0.2, 0.25) is 0 Å². The van der Waals surface area contributed by atoms with Crippen LogP contribution in [0.1, 0.15) is 46.9 Å². The molecule has 5 nitrogen and oxygen atoms in total. The molecule has 0 saturated heterocycles. The van der Waals surface area contributed by atoms with E-state index in [2.05, 4.69) is 0 Å². The van der Waals surface area contributed by atoms with Gasteiger partial charge in [0.15, 0.2) is 12.5 Å². The first-order valence-corrected chi connectivity index (χ1v) is 10.2. The number of fused-ring (bicyclic) bond motifs is 1. The van der Waals surface area contributed by atoms with Gasteiger partial charge in [-0.2, -0.15) is 0 Å². The first-order chi connectivity index (χ1) is 14.9. The second-order valence-corrected chi connectivity index (χ2v) is 7.37. The van der Waals surface area contributed by atoms with Crippen LogP contribution in [0.25, 0.3) is 10.8 Å². The molecular formula is C25H27FO5. The van der Waals surface area contributed by atoms with Crippen LogP contribution in [0.4, 0.5) is 4.39 Å². The fourth-order valence-corrected chi connectivity index (χ4v) is 3.69. The van der Waals surface area contributed by atoms with Gasteiger partial charge in [-0.25, -0.2) is 9.18 Å². The number of esters is 1. The highest BCUT2D eigenvalue weighted by molar-refractivity contribution is 5.89. The van der Waals surface area contributed by atoms with Gasteiger partial charge in [-0.1, -0.05) is 48.5 Å². The molecule has 164 valence electrons. The third-order valence-corrected chi connectivity index (χ3v) is 5.38. The maximum absolute atomic E-state index is 14.8. The fourth-order valence-electron chi connectivity index (χ4n) is 3.69. The molecule has 0 amide bonds. The quantitative estimate of drug-likeness (QED) is 0.388. The van der Waals surface area contributed by atoms with Crippen molar-refractivity contribution in [2.45, 2.75) is 37.8 Å². The molecule has 0 spiro atoms. The first-order valence-electron chi connectivity index (χ1n) is 10.2. The number of halogens is 1. The molecule has 0 heterocycles. The molecule has 0 aromatic heterocycles. The Morgan fingerprint density at radius 3 is 2.26 bits per heavy atom. The highest BCUT2D eigenvalue weighted by Crippen LogP contribution is 2.37. The van der Waals surface area contributed by atoms with Crippen molar-refractivity contribution in [2.24, 2.45) is 0 Å². The summed E-state index contributed by atoms with van der Waals surface area (Å²) in [6.07, 6.45) is -4.46. The van der Waals surface area contributed by atoms with Gasteiger partial charge in [-0.05, 0) is 53.4 Å². The number of hydrogen-bond acceptors (Lipinski definition) is 5. The van der Waals surface area contributed by atoms with Gasteiger partial charge in [-0.3, -0.25) is 0 Å². The number of aliphatic hydroxyl groups excluding tert-OH is 2. The van der Waals surface area contributed by atoms with E-state index in [9.17, 15) is 19.4 Å². The Labute approximate surface area is 181 Å². The maximum atomic E-state index is 14.8. The van der Waals surface area contributed by atoms with Crippen LogP contribution in [0.15, 0.2) is 66.7 Å². The summed E-state index contributed by atoms with van der Waals surface area (Å²) in [7, 11) is 1.30. The Balaban J connectivity index is 1.94. The Morgan fingerprint density at radius 1 is 0.968 bits per heavy atom. The first kappa shape index (κ1) is 22.9. The lowest BCUT2D eigenvalue weighted by molar-refractivity contribution is -0.141. The van der Waals surface area contributed by atoms with E-state index in [1.165, 1.54) is 7.11 Å². The molecule has 0 aliphatic carbocycles. The van der Waals surface area contributed by atoms with Crippen molar-refractivity contribution in [1.29, 1.82) is 0 Å². The summed E-state index contributed by atoms with van der Waals surface area (Å²) < 4.78 is 24.5. The van der Waals surface area contributed by atoms with Crippen molar-refractivity contribution in [3.05, 3.63) is 83.4 Å². The summed E-state index contributed by atoms with van der Waals surface area (Å²) in [4.78, 5) is 11.7. The lowest BCUT2D eigenvalue weighted by Gasteiger charge is -2.27. The second-order valence-electron chi connectivity index (χ2n) is 7.37. The monoisotopic (exact) mass is 426 g/mol. The molecule has 0 radical (unpaired) electrons. The van der Waals surface area contributed by atoms with Crippen LogP contribution in [0.5, 0.6) is 0 Å². The van der Waals surface area contributed by atoms with Crippen LogP contribution < -0.4 is 0 Å². The van der Waals surface area contributed by atoms with Gasteiger partial charge in [0.1, 0.15) is 0 Å². The van der Waals surface area contributed by atoms with Crippen molar-refractivity contribution in [2.75, 3.05) is 13.7 Å². The van der Waals surface area contributed by atoms with Gasteiger partial charge >= 0.3 is 5.97 Å². The number of hydrogen-bond donors (Lipinski definition) is 2. The van der Waals surface area contributed by atoms with Gasteiger partial charge in [0.25, 0.3) is 0 Å². The number of carbonyl (C=O) groups excluding carboxylic acids is 1. The number of aliphatic hydroxyl groups is 2. The van der Waals surface area contributed by atoms with E-state index >= 15 is 0 Å². The van der Waals surface area contributed by atoms with Gasteiger partial charge in [-0.15, -0.1) is 0 Å². The van der Waals surface area contributed by atoms with E-state index in [0.29, 0.717) is 16.7 Å². The average molecular weight is 426 g/mol. The molecule has 31 heavy (non-hydrogen) atoms. The zero-order valence-corrected chi connectivity index (χ0v) is 17.6. The predicted molar refractivity (Wildman–Crippen MR) is 117 cm³/mol. The smallest absolute Gasteiger partial charge is 0.337 e. The zero-order valence-electron chi connectivity index (χ0n) is 17.6. The van der Waals surface area contributed by atoms with Crippen LogP contribution in [0.3, 0.4) is 0 Å². The number of ether oxygens (including phenoxy) is 2. The van der Waals surface area contributed by atoms with Crippen molar-refractivity contribution in [3.8, 4) is 0 Å². The van der Waals surface area contributed by atoms with Gasteiger partial charge in [0.05, 0.1) is 18.8 Å². The van der Waals surface area contributed by atoms with E-state index < -0.39 is 30.5 Å². The van der Waals surface area contributed by atoms with Gasteiger partial charge in [0, 0.05) is 12.5 Å². The molecule has 0 fully saturated rings. The molecule has 2 N–H and O–H groups in total. The highest BCUT2D eigenvalue weighted by atomic mass is 19.1. The Hall–Kier alpha value is -2.80. The van der Waals surface area contributed by atoms with Crippen LogP contribution in [-0.2, 0) is 9.47 Å². The lowest BCUT2D eigenvalue weighted by atomic mass is 9.84. The van der Waals surface area contributed by atoms with Crippen LogP contribution in [0, 0.1) is 0 Å². The zero-order chi connectivity index (χ0) is 22.4. The van der Waals surface area contributed by atoms with Crippen LogP contribution in [-0.4, -0.2) is 42.4 Å². The summed E-state index contributed by atoms with van der Waals surface area (Å²) in [6, 6.07) is 19.9. The Morgan fingerprint density at radius 2 is 1.61 bits per heavy atom. The standard InChI is InChI=1S/C25H27FO5/c1-3-31-25(29)22(26)15-21(17-9-11-18(12-10-17)24(28)30-2)23(27)20-13-8-16-6-4-5-7-19(16)14-20/h4-14,21-23,25,27,29H,3,15H2,1-2H3. The molecule has 4 unspecified atom stereocenters.